The number of hydrogen-bond donors (Lipinski definition) is 2. The fourth-order valence-electron chi connectivity index (χ4n) is 6.58. The Morgan fingerprint density at radius 1 is 1.02 bits per heavy atom. The lowest BCUT2D eigenvalue weighted by atomic mass is 9.98. The van der Waals surface area contributed by atoms with Crippen molar-refractivity contribution in [3.63, 3.8) is 0 Å². The van der Waals surface area contributed by atoms with E-state index in [4.69, 9.17) is 24.2 Å². The van der Waals surface area contributed by atoms with E-state index in [1.54, 1.807) is 51.1 Å². The van der Waals surface area contributed by atoms with Gasteiger partial charge in [0.2, 0.25) is 0 Å². The Morgan fingerprint density at radius 3 is 2.18 bits per heavy atom. The lowest BCUT2D eigenvalue weighted by Gasteiger charge is -2.45. The van der Waals surface area contributed by atoms with Crippen LogP contribution in [0.2, 0.25) is 5.04 Å². The SMILES string of the molecule is Cc1ccc(OCCN=[N+]=[N-])c(/C=C/[C@H]2OC(C)(C)O[C@@H]2C(O)/C=C\[C@H](C)[C@H](C)O[Si](c2ccccc2)(c2ccccc2)C(C)(C)C)c1C(=O)O. The summed E-state index contributed by atoms with van der Waals surface area (Å²) in [4.78, 5) is 15.0. The Kier molecular flexibility index (Phi) is 13.1. The number of rotatable bonds is 15. The molecule has 4 rings (SSSR count). The van der Waals surface area contributed by atoms with Crippen LogP contribution in [0.4, 0.5) is 0 Å². The van der Waals surface area contributed by atoms with Crippen LogP contribution in [-0.4, -0.2) is 67.9 Å². The van der Waals surface area contributed by atoms with Crippen molar-refractivity contribution in [2.75, 3.05) is 13.2 Å². The molecule has 11 heteroatoms. The lowest BCUT2D eigenvalue weighted by Crippen LogP contribution is -2.67. The van der Waals surface area contributed by atoms with Gasteiger partial charge in [0.25, 0.3) is 8.32 Å². The zero-order chi connectivity index (χ0) is 37.4. The van der Waals surface area contributed by atoms with Gasteiger partial charge in [0.1, 0.15) is 24.1 Å². The van der Waals surface area contributed by atoms with E-state index in [1.165, 1.54) is 10.4 Å². The van der Waals surface area contributed by atoms with Crippen molar-refractivity contribution in [1.29, 1.82) is 0 Å². The van der Waals surface area contributed by atoms with Gasteiger partial charge in [-0.05, 0) is 66.2 Å². The highest BCUT2D eigenvalue weighted by Crippen LogP contribution is 2.39. The Bertz CT molecular complexity index is 1690. The number of carbonyl (C=O) groups is 1. The van der Waals surface area contributed by atoms with E-state index < -0.39 is 38.4 Å². The van der Waals surface area contributed by atoms with E-state index in [1.807, 2.05) is 18.2 Å². The molecule has 272 valence electrons. The van der Waals surface area contributed by atoms with E-state index in [0.717, 1.165) is 0 Å². The number of aliphatic hydroxyl groups excluding tert-OH is 1. The number of hydrogen-bond acceptors (Lipinski definition) is 7. The van der Waals surface area contributed by atoms with Crippen LogP contribution in [-0.2, 0) is 13.9 Å². The Labute approximate surface area is 302 Å². The van der Waals surface area contributed by atoms with Gasteiger partial charge < -0.3 is 28.8 Å². The predicted molar refractivity (Wildman–Crippen MR) is 203 cm³/mol. The minimum Gasteiger partial charge on any atom is -0.493 e. The van der Waals surface area contributed by atoms with Crippen LogP contribution in [0.15, 0.2) is 96.1 Å². The predicted octanol–water partition coefficient (Wildman–Crippen LogP) is 7.43. The van der Waals surface area contributed by atoms with Gasteiger partial charge in [-0.2, -0.15) is 0 Å². The van der Waals surface area contributed by atoms with E-state index in [0.29, 0.717) is 16.9 Å². The lowest BCUT2D eigenvalue weighted by molar-refractivity contribution is -0.150. The second kappa shape index (κ2) is 16.9. The molecule has 0 saturated carbocycles. The zero-order valence-electron chi connectivity index (χ0n) is 30.8. The first-order chi connectivity index (χ1) is 24.1. The molecule has 0 amide bonds. The highest BCUT2D eigenvalue weighted by atomic mass is 28.4. The molecule has 1 aliphatic heterocycles. The summed E-state index contributed by atoms with van der Waals surface area (Å²) < 4.78 is 25.4. The minimum absolute atomic E-state index is 0.0684. The standard InChI is InChI=1S/C40H51N3O7Si/c1-27(29(3)50-51(39(4,5)6,30-15-11-9-12-16-30)31-17-13-10-14-18-31)19-22-33(44)37-35(48-40(7,8)49-37)24-21-32-34(47-26-25-42-43-41)23-20-28(2)36(32)38(45)46/h9-24,27,29,33,35,37,44H,25-26H2,1-8H3,(H,45,46)/b22-19-,24-21+/t27-,29-,33?,35+,37+/m0/s1. The van der Waals surface area contributed by atoms with Gasteiger partial charge in [-0.25, -0.2) is 4.79 Å². The third-order valence-electron chi connectivity index (χ3n) is 9.22. The van der Waals surface area contributed by atoms with Gasteiger partial charge in [-0.15, -0.1) is 0 Å². The van der Waals surface area contributed by atoms with E-state index in [-0.39, 0.29) is 35.8 Å². The molecule has 1 saturated heterocycles. The van der Waals surface area contributed by atoms with E-state index in [9.17, 15) is 15.0 Å². The summed E-state index contributed by atoms with van der Waals surface area (Å²) in [5.74, 6) is -1.86. The summed E-state index contributed by atoms with van der Waals surface area (Å²) in [5, 5.41) is 27.2. The number of benzene rings is 3. The molecule has 0 aliphatic carbocycles. The molecular formula is C40H51N3O7Si. The molecule has 0 bridgehead atoms. The molecule has 0 aromatic heterocycles. The smallest absolute Gasteiger partial charge is 0.336 e. The summed E-state index contributed by atoms with van der Waals surface area (Å²) >= 11 is 0. The molecule has 2 N–H and O–H groups in total. The molecule has 5 atom stereocenters. The van der Waals surface area contributed by atoms with Crippen LogP contribution < -0.4 is 15.1 Å². The normalized spacial score (nSPS) is 19.5. The fourth-order valence-corrected chi connectivity index (χ4v) is 11.4. The summed E-state index contributed by atoms with van der Waals surface area (Å²) in [7, 11) is -2.79. The quantitative estimate of drug-likeness (QED) is 0.0416. The summed E-state index contributed by atoms with van der Waals surface area (Å²) in [6.45, 7) is 16.3. The highest BCUT2D eigenvalue weighted by Gasteiger charge is 2.51. The molecule has 1 heterocycles. The Morgan fingerprint density at radius 2 is 1.63 bits per heavy atom. The topological polar surface area (TPSA) is 143 Å². The first kappa shape index (κ1) is 39.6. The number of carboxylic acid groups (broad SMARTS) is 1. The van der Waals surface area contributed by atoms with E-state index >= 15 is 0 Å². The van der Waals surface area contributed by atoms with Crippen molar-refractivity contribution < 1.29 is 33.6 Å². The van der Waals surface area contributed by atoms with Crippen LogP contribution in [0.5, 0.6) is 5.75 Å². The van der Waals surface area contributed by atoms with Gasteiger partial charge in [0.05, 0.1) is 18.7 Å². The maximum Gasteiger partial charge on any atom is 0.336 e. The van der Waals surface area contributed by atoms with Gasteiger partial charge >= 0.3 is 5.97 Å². The summed E-state index contributed by atoms with van der Waals surface area (Å²) in [5.41, 5.74) is 9.57. The number of aromatic carboxylic acids is 1. The molecule has 10 nitrogen and oxygen atoms in total. The third-order valence-corrected chi connectivity index (χ3v) is 14.4. The van der Waals surface area contributed by atoms with Gasteiger partial charge in [-0.3, -0.25) is 0 Å². The second-order valence-corrected chi connectivity index (χ2v) is 18.7. The maximum atomic E-state index is 12.3. The molecular weight excluding hydrogens is 663 g/mol. The van der Waals surface area contributed by atoms with Crippen molar-refractivity contribution >= 4 is 30.7 Å². The third kappa shape index (κ3) is 9.37. The largest absolute Gasteiger partial charge is 0.493 e. The fraction of sp³-hybridized carbons (Fsp3) is 0.425. The van der Waals surface area contributed by atoms with Crippen LogP contribution >= 0.6 is 0 Å². The molecule has 3 aromatic carbocycles. The highest BCUT2D eigenvalue weighted by molar-refractivity contribution is 6.99. The van der Waals surface area contributed by atoms with Crippen LogP contribution in [0.1, 0.15) is 70.0 Å². The van der Waals surface area contributed by atoms with Crippen molar-refractivity contribution in [3.05, 3.63) is 118 Å². The molecule has 1 aliphatic rings. The van der Waals surface area contributed by atoms with Crippen molar-refractivity contribution in [1.82, 2.24) is 0 Å². The molecule has 1 unspecified atom stereocenters. The van der Waals surface area contributed by atoms with Gasteiger partial charge in [0, 0.05) is 16.6 Å². The first-order valence-corrected chi connectivity index (χ1v) is 19.2. The average molecular weight is 714 g/mol. The van der Waals surface area contributed by atoms with Crippen LogP contribution in [0, 0.1) is 12.8 Å². The first-order valence-electron chi connectivity index (χ1n) is 17.3. The number of aryl methyl sites for hydroxylation is 1. The maximum absolute atomic E-state index is 12.3. The van der Waals surface area contributed by atoms with Gasteiger partial charge in [0.15, 0.2) is 5.79 Å². The van der Waals surface area contributed by atoms with Crippen molar-refractivity contribution in [3.8, 4) is 5.75 Å². The number of aliphatic hydroxyl groups is 1. The number of azide groups is 1. The van der Waals surface area contributed by atoms with Crippen LogP contribution in [0.25, 0.3) is 16.5 Å². The van der Waals surface area contributed by atoms with Crippen LogP contribution in [0.3, 0.4) is 0 Å². The van der Waals surface area contributed by atoms with E-state index in [2.05, 4.69) is 93.2 Å². The monoisotopic (exact) mass is 713 g/mol. The Hall–Kier alpha value is -4.22. The molecule has 3 aromatic rings. The molecule has 0 radical (unpaired) electrons. The average Bonchev–Trinajstić information content (AvgIpc) is 3.41. The van der Waals surface area contributed by atoms with Gasteiger partial charge in [-0.1, -0.05) is 124 Å². The second-order valence-electron chi connectivity index (χ2n) is 14.4. The number of nitrogens with zero attached hydrogens (tertiary/aromatic N) is 3. The number of carboxylic acids is 1. The molecule has 0 spiro atoms. The van der Waals surface area contributed by atoms with Crippen molar-refractivity contribution in [2.45, 2.75) is 90.6 Å². The molecule has 51 heavy (non-hydrogen) atoms. The summed E-state index contributed by atoms with van der Waals surface area (Å²) in [6.07, 6.45) is 4.28. The minimum atomic E-state index is -2.79. The molecule has 1 fully saturated rings. The number of ether oxygens (including phenoxy) is 3. The summed E-state index contributed by atoms with van der Waals surface area (Å²) in [6, 6.07) is 24.3. The Balaban J connectivity index is 1.59. The zero-order valence-corrected chi connectivity index (χ0v) is 31.8. The van der Waals surface area contributed by atoms with Crippen molar-refractivity contribution in [2.24, 2.45) is 11.0 Å².